The van der Waals surface area contributed by atoms with Crippen molar-refractivity contribution in [1.82, 2.24) is 0 Å². The Morgan fingerprint density at radius 1 is 1.00 bits per heavy atom. The van der Waals surface area contributed by atoms with E-state index in [0.29, 0.717) is 0 Å². The minimum Gasteiger partial charge on any atom is -0.489 e. The second-order valence-corrected chi connectivity index (χ2v) is 8.86. The van der Waals surface area contributed by atoms with Gasteiger partial charge < -0.3 is 4.74 Å². The number of hydrogen-bond donors (Lipinski definition) is 0. The fourth-order valence-corrected chi connectivity index (χ4v) is 3.67. The van der Waals surface area contributed by atoms with Crippen molar-refractivity contribution in [2.45, 2.75) is 78.2 Å². The van der Waals surface area contributed by atoms with Crippen molar-refractivity contribution in [1.29, 1.82) is 0 Å². The molecule has 1 aromatic carbocycles. The Morgan fingerprint density at radius 2 is 1.59 bits per heavy atom. The fraction of sp³-hybridized carbons (Fsp3) is 0.700. The molecule has 1 nitrogen and oxygen atoms in total. The minimum atomic E-state index is 0.119. The molecule has 22 heavy (non-hydrogen) atoms. The molecular formula is C20H34OS. The summed E-state index contributed by atoms with van der Waals surface area (Å²) in [5, 5.41) is 0. The highest BCUT2D eigenvalue weighted by atomic mass is 32.2. The molecule has 2 heteroatoms. The molecular weight excluding hydrogens is 288 g/mol. The highest BCUT2D eigenvalue weighted by Crippen LogP contribution is 2.40. The van der Waals surface area contributed by atoms with Crippen LogP contribution in [0.15, 0.2) is 29.2 Å². The Balaban J connectivity index is 2.87. The number of hydrogen-bond acceptors (Lipinski definition) is 2. The van der Waals surface area contributed by atoms with Crippen molar-refractivity contribution in [3.05, 3.63) is 24.3 Å². The summed E-state index contributed by atoms with van der Waals surface area (Å²) in [6.07, 6.45) is 7.38. The van der Waals surface area contributed by atoms with Gasteiger partial charge in [0.15, 0.2) is 0 Å². The first kappa shape index (κ1) is 19.4. The molecule has 0 saturated carbocycles. The van der Waals surface area contributed by atoms with Crippen LogP contribution in [0.4, 0.5) is 0 Å². The van der Waals surface area contributed by atoms with Crippen LogP contribution in [0.1, 0.15) is 67.2 Å². The van der Waals surface area contributed by atoms with E-state index in [0.717, 1.165) is 5.75 Å². The maximum absolute atomic E-state index is 6.46. The predicted molar refractivity (Wildman–Crippen MR) is 100 cm³/mol. The molecule has 0 aliphatic heterocycles. The van der Waals surface area contributed by atoms with Gasteiger partial charge in [-0.25, -0.2) is 0 Å². The molecule has 1 atom stereocenters. The molecule has 1 rings (SSSR count). The van der Waals surface area contributed by atoms with Crippen molar-refractivity contribution in [2.75, 3.05) is 6.26 Å². The van der Waals surface area contributed by atoms with Crippen molar-refractivity contribution < 1.29 is 4.74 Å². The van der Waals surface area contributed by atoms with Gasteiger partial charge in [-0.2, -0.15) is 0 Å². The van der Waals surface area contributed by atoms with E-state index in [9.17, 15) is 0 Å². The predicted octanol–water partition coefficient (Wildman–Crippen LogP) is 6.81. The van der Waals surface area contributed by atoms with Crippen LogP contribution in [0.25, 0.3) is 0 Å². The van der Waals surface area contributed by atoms with Crippen LogP contribution < -0.4 is 4.74 Å². The Labute approximate surface area is 142 Å². The number of benzene rings is 1. The van der Waals surface area contributed by atoms with Crippen LogP contribution in [-0.4, -0.2) is 12.4 Å². The first-order valence-electron chi connectivity index (χ1n) is 8.51. The van der Waals surface area contributed by atoms with Crippen molar-refractivity contribution >= 4 is 11.8 Å². The SMILES string of the molecule is CCCCCC(C)(C)C(Oc1ccc(SC)cc1)C(C)(C)C. The number of thioether (sulfide) groups is 1. The molecule has 0 amide bonds. The quantitative estimate of drug-likeness (QED) is 0.384. The van der Waals surface area contributed by atoms with Gasteiger partial charge in [-0.1, -0.05) is 60.8 Å². The second-order valence-electron chi connectivity index (χ2n) is 7.99. The summed E-state index contributed by atoms with van der Waals surface area (Å²) < 4.78 is 6.46. The van der Waals surface area contributed by atoms with E-state index in [-0.39, 0.29) is 16.9 Å². The smallest absolute Gasteiger partial charge is 0.119 e. The van der Waals surface area contributed by atoms with E-state index in [4.69, 9.17) is 4.74 Å². The zero-order chi connectivity index (χ0) is 16.8. The molecule has 1 unspecified atom stereocenters. The first-order valence-corrected chi connectivity index (χ1v) is 9.74. The van der Waals surface area contributed by atoms with E-state index in [1.54, 1.807) is 11.8 Å². The van der Waals surface area contributed by atoms with Gasteiger partial charge in [0.05, 0.1) is 0 Å². The van der Waals surface area contributed by atoms with Gasteiger partial charge >= 0.3 is 0 Å². The van der Waals surface area contributed by atoms with Crippen molar-refractivity contribution in [3.8, 4) is 5.75 Å². The third kappa shape index (κ3) is 5.87. The zero-order valence-corrected chi connectivity index (χ0v) is 16.3. The molecule has 0 aliphatic carbocycles. The molecule has 0 aliphatic rings. The standard InChI is InChI=1S/C20H34OS/c1-8-9-10-15-20(5,6)18(19(2,3)4)21-16-11-13-17(22-7)14-12-16/h11-14,18H,8-10,15H2,1-7H3. The monoisotopic (exact) mass is 322 g/mol. The summed E-state index contributed by atoms with van der Waals surface area (Å²) in [7, 11) is 0. The van der Waals surface area contributed by atoms with Crippen LogP contribution in [0, 0.1) is 10.8 Å². The van der Waals surface area contributed by atoms with Gasteiger partial charge in [0.25, 0.3) is 0 Å². The molecule has 0 radical (unpaired) electrons. The van der Waals surface area contributed by atoms with E-state index < -0.39 is 0 Å². The van der Waals surface area contributed by atoms with Crippen LogP contribution in [-0.2, 0) is 0 Å². The van der Waals surface area contributed by atoms with E-state index in [1.807, 2.05) is 0 Å². The molecule has 1 aromatic rings. The van der Waals surface area contributed by atoms with E-state index >= 15 is 0 Å². The van der Waals surface area contributed by atoms with E-state index in [1.165, 1.54) is 30.6 Å². The van der Waals surface area contributed by atoms with Crippen molar-refractivity contribution in [3.63, 3.8) is 0 Å². The van der Waals surface area contributed by atoms with Gasteiger partial charge in [0.1, 0.15) is 11.9 Å². The Bertz CT molecular complexity index is 428. The average molecular weight is 323 g/mol. The van der Waals surface area contributed by atoms with Gasteiger partial charge in [-0.3, -0.25) is 0 Å². The highest BCUT2D eigenvalue weighted by molar-refractivity contribution is 7.98. The summed E-state index contributed by atoms with van der Waals surface area (Å²) in [5.41, 5.74) is 0.291. The Hall–Kier alpha value is -0.630. The van der Waals surface area contributed by atoms with Crippen molar-refractivity contribution in [2.24, 2.45) is 10.8 Å². The summed E-state index contributed by atoms with van der Waals surface area (Å²) in [5.74, 6) is 0.987. The van der Waals surface area contributed by atoms with Crippen LogP contribution in [0.2, 0.25) is 0 Å². The highest BCUT2D eigenvalue weighted by Gasteiger charge is 2.39. The van der Waals surface area contributed by atoms with Crippen LogP contribution >= 0.6 is 11.8 Å². The van der Waals surface area contributed by atoms with Gasteiger partial charge in [0, 0.05) is 10.3 Å². The normalized spacial score (nSPS) is 14.0. The van der Waals surface area contributed by atoms with E-state index in [2.05, 4.69) is 72.1 Å². The average Bonchev–Trinajstić information content (AvgIpc) is 2.44. The molecule has 0 N–H and O–H groups in total. The van der Waals surface area contributed by atoms with Gasteiger partial charge in [0.2, 0.25) is 0 Å². The third-order valence-electron chi connectivity index (χ3n) is 4.23. The fourth-order valence-electron chi connectivity index (χ4n) is 3.26. The Morgan fingerprint density at radius 3 is 2.05 bits per heavy atom. The summed E-state index contributed by atoms with van der Waals surface area (Å²) in [6.45, 7) is 13.8. The number of rotatable bonds is 8. The molecule has 0 bridgehead atoms. The molecule has 0 aromatic heterocycles. The Kier molecular flexibility index (Phi) is 7.31. The minimum absolute atomic E-state index is 0.119. The molecule has 0 fully saturated rings. The van der Waals surface area contributed by atoms with Gasteiger partial charge in [-0.15, -0.1) is 11.8 Å². The molecule has 0 spiro atoms. The maximum Gasteiger partial charge on any atom is 0.119 e. The first-order chi connectivity index (χ1) is 10.2. The third-order valence-corrected chi connectivity index (χ3v) is 4.98. The largest absolute Gasteiger partial charge is 0.489 e. The summed E-state index contributed by atoms with van der Waals surface area (Å²) >= 11 is 1.77. The molecule has 0 saturated heterocycles. The lowest BCUT2D eigenvalue weighted by molar-refractivity contribution is -0.0171. The summed E-state index contributed by atoms with van der Waals surface area (Å²) in [4.78, 5) is 1.28. The van der Waals surface area contributed by atoms with Crippen LogP contribution in [0.5, 0.6) is 5.75 Å². The lowest BCUT2D eigenvalue weighted by Gasteiger charge is -2.42. The zero-order valence-electron chi connectivity index (χ0n) is 15.5. The van der Waals surface area contributed by atoms with Gasteiger partial charge in [-0.05, 0) is 42.4 Å². The topological polar surface area (TPSA) is 9.23 Å². The summed E-state index contributed by atoms with van der Waals surface area (Å²) in [6, 6.07) is 8.49. The number of unbranched alkanes of at least 4 members (excludes halogenated alkanes) is 2. The van der Waals surface area contributed by atoms with Crippen LogP contribution in [0.3, 0.4) is 0 Å². The lowest BCUT2D eigenvalue weighted by atomic mass is 9.70. The lowest BCUT2D eigenvalue weighted by Crippen LogP contribution is -2.44. The number of ether oxygens (including phenoxy) is 1. The maximum atomic E-state index is 6.46. The molecule has 126 valence electrons. The second kappa shape index (κ2) is 8.29. The molecule has 0 heterocycles.